The van der Waals surface area contributed by atoms with Crippen molar-refractivity contribution in [2.45, 2.75) is 4.90 Å². The van der Waals surface area contributed by atoms with Crippen molar-refractivity contribution in [3.8, 4) is 0 Å². The zero-order valence-corrected chi connectivity index (χ0v) is 13.4. The minimum atomic E-state index is -3.45. The van der Waals surface area contributed by atoms with Crippen molar-refractivity contribution in [2.75, 3.05) is 22.0 Å². The fourth-order valence-corrected chi connectivity index (χ4v) is 4.01. The molecule has 0 radical (unpaired) electrons. The average Bonchev–Trinajstić information content (AvgIpc) is 2.43. The summed E-state index contributed by atoms with van der Waals surface area (Å²) in [4.78, 5) is 4.77. The molecule has 0 saturated carbocycles. The summed E-state index contributed by atoms with van der Waals surface area (Å²) >= 11 is 7.10. The molecule has 112 valence electrons. The van der Waals surface area contributed by atoms with Gasteiger partial charge in [0.25, 0.3) is 0 Å². The van der Waals surface area contributed by atoms with E-state index in [1.165, 1.54) is 24.0 Å². The van der Waals surface area contributed by atoms with Crippen LogP contribution < -0.4 is 10.5 Å². The first kappa shape index (κ1) is 15.9. The molecule has 0 amide bonds. The number of hydrogen-bond donors (Lipinski definition) is 2. The van der Waals surface area contributed by atoms with E-state index in [-0.39, 0.29) is 11.6 Å². The highest BCUT2D eigenvalue weighted by Gasteiger charge is 2.11. The summed E-state index contributed by atoms with van der Waals surface area (Å²) < 4.78 is 26.3. The zero-order chi connectivity index (χ0) is 15.3. The molecular weight excluding hydrogens is 330 g/mol. The number of anilines is 2. The van der Waals surface area contributed by atoms with Gasteiger partial charge in [-0.25, -0.2) is 13.4 Å². The Morgan fingerprint density at radius 2 is 2.00 bits per heavy atom. The Labute approximate surface area is 133 Å². The predicted molar refractivity (Wildman–Crippen MR) is 88.2 cm³/mol. The Kier molecular flexibility index (Phi) is 5.33. The molecule has 0 spiro atoms. The largest absolute Gasteiger partial charge is 0.398 e. The number of para-hydroxylation sites is 1. The van der Waals surface area contributed by atoms with Gasteiger partial charge in [-0.15, -0.1) is 11.8 Å². The lowest BCUT2D eigenvalue weighted by molar-refractivity contribution is 0.602. The van der Waals surface area contributed by atoms with Crippen LogP contribution in [0.3, 0.4) is 0 Å². The molecule has 0 aliphatic carbocycles. The molecule has 0 aliphatic rings. The number of aromatic nitrogens is 1. The maximum absolute atomic E-state index is 11.9. The van der Waals surface area contributed by atoms with E-state index in [9.17, 15) is 8.42 Å². The van der Waals surface area contributed by atoms with Crippen molar-refractivity contribution in [3.63, 3.8) is 0 Å². The maximum Gasteiger partial charge on any atom is 0.234 e. The Morgan fingerprint density at radius 3 is 2.67 bits per heavy atom. The summed E-state index contributed by atoms with van der Waals surface area (Å²) in [6.07, 6.45) is 1.39. The lowest BCUT2D eigenvalue weighted by Gasteiger charge is -2.08. The Morgan fingerprint density at radius 1 is 1.24 bits per heavy atom. The number of rotatable bonds is 6. The van der Waals surface area contributed by atoms with Crippen LogP contribution in [-0.4, -0.2) is 24.9 Å². The van der Waals surface area contributed by atoms with Gasteiger partial charge in [0.1, 0.15) is 5.82 Å². The number of nitrogens with one attached hydrogen (secondary N) is 1. The molecule has 0 unspecified atom stereocenters. The molecule has 5 nitrogen and oxygen atoms in total. The minimum Gasteiger partial charge on any atom is -0.398 e. The van der Waals surface area contributed by atoms with E-state index in [1.807, 2.05) is 18.2 Å². The van der Waals surface area contributed by atoms with Crippen LogP contribution in [0.5, 0.6) is 0 Å². The number of hydrogen-bond acceptors (Lipinski definition) is 5. The van der Waals surface area contributed by atoms with Gasteiger partial charge in [0.2, 0.25) is 10.0 Å². The molecule has 21 heavy (non-hydrogen) atoms. The van der Waals surface area contributed by atoms with Gasteiger partial charge in [0.05, 0.1) is 10.8 Å². The van der Waals surface area contributed by atoms with Crippen molar-refractivity contribution < 1.29 is 8.42 Å². The number of nitrogens with two attached hydrogens (primary N) is 1. The highest BCUT2D eigenvalue weighted by molar-refractivity contribution is 8.01. The van der Waals surface area contributed by atoms with E-state index < -0.39 is 10.0 Å². The van der Waals surface area contributed by atoms with Crippen molar-refractivity contribution >= 4 is 44.9 Å². The summed E-state index contributed by atoms with van der Waals surface area (Å²) in [5, 5.41) is 0.452. The number of nitrogens with zero attached hydrogens (tertiary/aromatic N) is 1. The average molecular weight is 344 g/mol. The maximum atomic E-state index is 11.9. The van der Waals surface area contributed by atoms with Crippen molar-refractivity contribution in [3.05, 3.63) is 47.6 Å². The number of pyridine rings is 1. The molecule has 8 heteroatoms. The summed E-state index contributed by atoms with van der Waals surface area (Å²) in [7, 11) is -3.45. The first-order chi connectivity index (χ1) is 9.96. The molecule has 0 atom stereocenters. The quantitative estimate of drug-likeness (QED) is 0.622. The molecule has 2 aromatic rings. The van der Waals surface area contributed by atoms with E-state index >= 15 is 0 Å². The van der Waals surface area contributed by atoms with Crippen LogP contribution in [0.4, 0.5) is 11.5 Å². The summed E-state index contributed by atoms with van der Waals surface area (Å²) in [5.41, 5.74) is 6.45. The molecule has 0 aliphatic heterocycles. The second kappa shape index (κ2) is 7.02. The third-order valence-electron chi connectivity index (χ3n) is 2.52. The molecule has 1 aromatic heterocycles. The Hall–Kier alpha value is -1.44. The SMILES string of the molecule is Nc1ccccc1SCCS(=O)(=O)Nc1ccc(Cl)cn1. The molecule has 2 rings (SSSR count). The van der Waals surface area contributed by atoms with Gasteiger partial charge in [-0.3, -0.25) is 4.72 Å². The van der Waals surface area contributed by atoms with Gasteiger partial charge in [0.15, 0.2) is 0 Å². The van der Waals surface area contributed by atoms with Crippen LogP contribution in [0, 0.1) is 0 Å². The topological polar surface area (TPSA) is 85.1 Å². The Balaban J connectivity index is 1.90. The second-order valence-electron chi connectivity index (χ2n) is 4.17. The fourth-order valence-electron chi connectivity index (χ4n) is 1.52. The van der Waals surface area contributed by atoms with Crippen LogP contribution in [0.25, 0.3) is 0 Å². The molecule has 1 aromatic carbocycles. The van der Waals surface area contributed by atoms with Crippen LogP contribution in [0.15, 0.2) is 47.5 Å². The standard InChI is InChI=1S/C13H14ClN3O2S2/c14-10-5-6-13(16-9-10)17-21(18,19)8-7-20-12-4-2-1-3-11(12)15/h1-6,9H,7-8,15H2,(H,16,17). The molecule has 0 fully saturated rings. The number of sulfonamides is 1. The first-order valence-corrected chi connectivity index (χ1v) is 9.07. The number of halogens is 1. The molecule has 3 N–H and O–H groups in total. The lowest BCUT2D eigenvalue weighted by atomic mass is 10.3. The van der Waals surface area contributed by atoms with Crippen LogP contribution in [-0.2, 0) is 10.0 Å². The van der Waals surface area contributed by atoms with E-state index in [1.54, 1.807) is 12.1 Å². The van der Waals surface area contributed by atoms with Crippen molar-refractivity contribution in [1.29, 1.82) is 0 Å². The predicted octanol–water partition coefficient (Wildman–Crippen LogP) is 2.85. The van der Waals surface area contributed by atoms with Gasteiger partial charge >= 0.3 is 0 Å². The van der Waals surface area contributed by atoms with Crippen molar-refractivity contribution in [2.24, 2.45) is 0 Å². The van der Waals surface area contributed by atoms with Crippen LogP contribution in [0.1, 0.15) is 0 Å². The Bertz CT molecular complexity index is 706. The first-order valence-electron chi connectivity index (χ1n) is 6.06. The number of benzene rings is 1. The number of nitrogen functional groups attached to an aromatic ring is 1. The summed E-state index contributed by atoms with van der Waals surface area (Å²) in [6.45, 7) is 0. The molecule has 0 bridgehead atoms. The minimum absolute atomic E-state index is 0.0314. The highest BCUT2D eigenvalue weighted by atomic mass is 35.5. The summed E-state index contributed by atoms with van der Waals surface area (Å²) in [5.74, 6) is 0.622. The molecular formula is C13H14ClN3O2S2. The van der Waals surface area contributed by atoms with Gasteiger partial charge < -0.3 is 5.73 Å². The van der Waals surface area contributed by atoms with Gasteiger partial charge in [-0.05, 0) is 24.3 Å². The van der Waals surface area contributed by atoms with Gasteiger partial charge in [-0.2, -0.15) is 0 Å². The zero-order valence-electron chi connectivity index (χ0n) is 11.0. The smallest absolute Gasteiger partial charge is 0.234 e. The summed E-state index contributed by atoms with van der Waals surface area (Å²) in [6, 6.07) is 10.4. The van der Waals surface area contributed by atoms with Crippen LogP contribution >= 0.6 is 23.4 Å². The fraction of sp³-hybridized carbons (Fsp3) is 0.154. The normalized spacial score (nSPS) is 11.3. The molecule has 0 saturated heterocycles. The van der Waals surface area contributed by atoms with E-state index in [0.29, 0.717) is 16.5 Å². The second-order valence-corrected chi connectivity index (χ2v) is 7.58. The van der Waals surface area contributed by atoms with Gasteiger partial charge in [-0.1, -0.05) is 23.7 Å². The van der Waals surface area contributed by atoms with Crippen LogP contribution in [0.2, 0.25) is 5.02 Å². The van der Waals surface area contributed by atoms with E-state index in [2.05, 4.69) is 9.71 Å². The lowest BCUT2D eigenvalue weighted by Crippen LogP contribution is -2.18. The van der Waals surface area contributed by atoms with E-state index in [4.69, 9.17) is 17.3 Å². The monoisotopic (exact) mass is 343 g/mol. The third kappa shape index (κ3) is 5.11. The third-order valence-corrected chi connectivity index (χ3v) is 5.35. The molecule has 1 heterocycles. The van der Waals surface area contributed by atoms with E-state index in [0.717, 1.165) is 4.90 Å². The number of thioether (sulfide) groups is 1. The highest BCUT2D eigenvalue weighted by Crippen LogP contribution is 2.24. The van der Waals surface area contributed by atoms with Crippen molar-refractivity contribution in [1.82, 2.24) is 4.98 Å². The van der Waals surface area contributed by atoms with Gasteiger partial charge in [0, 0.05) is 22.5 Å².